The number of benzene rings is 1. The van der Waals surface area contributed by atoms with Crippen molar-refractivity contribution in [3.05, 3.63) is 29.6 Å². The number of hydrogen-bond donors (Lipinski definition) is 1. The highest BCUT2D eigenvalue weighted by Crippen LogP contribution is 2.55. The molecular weight excluding hydrogens is 243 g/mol. The van der Waals surface area contributed by atoms with Gasteiger partial charge >= 0.3 is 0 Å². The summed E-state index contributed by atoms with van der Waals surface area (Å²) in [5, 5.41) is 10.4. The fourth-order valence-corrected chi connectivity index (χ4v) is 4.05. The maximum absolute atomic E-state index is 13.4. The summed E-state index contributed by atoms with van der Waals surface area (Å²) in [5.41, 5.74) is 0.581. The van der Waals surface area contributed by atoms with Crippen molar-refractivity contribution in [1.82, 2.24) is 0 Å². The molecule has 0 amide bonds. The van der Waals surface area contributed by atoms with Crippen LogP contribution in [0.25, 0.3) is 0 Å². The Hall–Kier alpha value is -1.09. The molecule has 1 aliphatic carbocycles. The molecule has 2 unspecified atom stereocenters. The molecule has 2 aliphatic rings. The highest BCUT2D eigenvalue weighted by molar-refractivity contribution is 5.39. The molecule has 1 aliphatic heterocycles. The van der Waals surface area contributed by atoms with Gasteiger partial charge in [0.15, 0.2) is 0 Å². The van der Waals surface area contributed by atoms with Gasteiger partial charge in [0.25, 0.3) is 0 Å². The summed E-state index contributed by atoms with van der Waals surface area (Å²) in [6.07, 6.45) is 2.04. The Kier molecular flexibility index (Phi) is 2.69. The van der Waals surface area contributed by atoms with Gasteiger partial charge in [0.2, 0.25) is 0 Å². The van der Waals surface area contributed by atoms with E-state index in [1.807, 2.05) is 0 Å². The van der Waals surface area contributed by atoms with Crippen LogP contribution in [0.4, 0.5) is 4.39 Å². The molecular formula is C16H21FO2. The molecule has 1 heterocycles. The van der Waals surface area contributed by atoms with Crippen molar-refractivity contribution in [2.75, 3.05) is 0 Å². The number of aliphatic hydroxyl groups excluding tert-OH is 1. The summed E-state index contributed by atoms with van der Waals surface area (Å²) < 4.78 is 19.6. The average molecular weight is 264 g/mol. The zero-order chi connectivity index (χ0) is 13.8. The highest BCUT2D eigenvalue weighted by Gasteiger charge is 2.53. The molecule has 2 nitrogen and oxygen atoms in total. The third kappa shape index (κ3) is 2.04. The first kappa shape index (κ1) is 12.9. The van der Waals surface area contributed by atoms with Crippen LogP contribution in [0.3, 0.4) is 0 Å². The lowest BCUT2D eigenvalue weighted by Gasteiger charge is -2.41. The molecule has 104 valence electrons. The lowest BCUT2D eigenvalue weighted by Crippen LogP contribution is -2.43. The maximum atomic E-state index is 13.4. The van der Waals surface area contributed by atoms with Crippen LogP contribution in [0.1, 0.15) is 51.7 Å². The lowest BCUT2D eigenvalue weighted by atomic mass is 9.81. The van der Waals surface area contributed by atoms with Crippen molar-refractivity contribution < 1.29 is 14.2 Å². The SMILES string of the molecule is CC1CC(C)(C)CC12C[C@@H](O)c1ccc(F)cc1O2. The summed E-state index contributed by atoms with van der Waals surface area (Å²) in [4.78, 5) is 0. The van der Waals surface area contributed by atoms with Crippen LogP contribution in [0, 0.1) is 17.2 Å². The van der Waals surface area contributed by atoms with Gasteiger partial charge in [-0.25, -0.2) is 4.39 Å². The normalized spacial score (nSPS) is 36.1. The highest BCUT2D eigenvalue weighted by atomic mass is 19.1. The monoisotopic (exact) mass is 264 g/mol. The second-order valence-corrected chi connectivity index (χ2v) is 7.02. The molecule has 1 fully saturated rings. The van der Waals surface area contributed by atoms with Crippen LogP contribution in [0.5, 0.6) is 5.75 Å². The van der Waals surface area contributed by atoms with E-state index >= 15 is 0 Å². The minimum absolute atomic E-state index is 0.212. The van der Waals surface area contributed by atoms with E-state index in [4.69, 9.17) is 4.74 Å². The third-order valence-electron chi connectivity index (χ3n) is 4.72. The third-order valence-corrected chi connectivity index (χ3v) is 4.72. The molecule has 3 atom stereocenters. The van der Waals surface area contributed by atoms with E-state index in [1.54, 1.807) is 6.07 Å². The van der Waals surface area contributed by atoms with E-state index < -0.39 is 6.10 Å². The van der Waals surface area contributed by atoms with Crippen LogP contribution in [0.15, 0.2) is 18.2 Å². The van der Waals surface area contributed by atoms with Gasteiger partial charge in [-0.1, -0.05) is 20.8 Å². The summed E-state index contributed by atoms with van der Waals surface area (Å²) >= 11 is 0. The first-order chi connectivity index (χ1) is 8.81. The van der Waals surface area contributed by atoms with E-state index in [0.717, 1.165) is 12.8 Å². The molecule has 1 aromatic rings. The fraction of sp³-hybridized carbons (Fsp3) is 0.625. The quantitative estimate of drug-likeness (QED) is 0.771. The standard InChI is InChI=1S/C16H21FO2/c1-10-7-15(2,3)9-16(10)8-13(18)12-5-4-11(17)6-14(12)19-16/h4-6,10,13,18H,7-9H2,1-3H3/t10?,13-,16?/m1/s1. The first-order valence-corrected chi connectivity index (χ1v) is 6.98. The zero-order valence-electron chi connectivity index (χ0n) is 11.7. The fourth-order valence-electron chi connectivity index (χ4n) is 4.05. The Morgan fingerprint density at radius 1 is 1.32 bits per heavy atom. The van der Waals surface area contributed by atoms with Crippen LogP contribution in [-0.4, -0.2) is 10.7 Å². The van der Waals surface area contributed by atoms with Crippen LogP contribution in [-0.2, 0) is 0 Å². The largest absolute Gasteiger partial charge is 0.486 e. The van der Waals surface area contributed by atoms with E-state index in [-0.39, 0.29) is 16.8 Å². The van der Waals surface area contributed by atoms with Crippen molar-refractivity contribution in [2.45, 2.75) is 51.7 Å². The maximum Gasteiger partial charge on any atom is 0.128 e. The molecule has 1 spiro atoms. The van der Waals surface area contributed by atoms with Crippen LogP contribution >= 0.6 is 0 Å². The Labute approximate surface area is 113 Å². The molecule has 1 N–H and O–H groups in total. The van der Waals surface area contributed by atoms with Crippen molar-refractivity contribution in [3.63, 3.8) is 0 Å². The minimum Gasteiger partial charge on any atom is -0.486 e. The van der Waals surface area contributed by atoms with Gasteiger partial charge in [-0.3, -0.25) is 0 Å². The average Bonchev–Trinajstić information content (AvgIpc) is 2.46. The molecule has 1 saturated carbocycles. The Morgan fingerprint density at radius 3 is 2.68 bits per heavy atom. The van der Waals surface area contributed by atoms with E-state index in [2.05, 4.69) is 20.8 Å². The molecule has 1 aromatic carbocycles. The van der Waals surface area contributed by atoms with E-state index in [9.17, 15) is 9.50 Å². The molecule has 0 aromatic heterocycles. The van der Waals surface area contributed by atoms with Gasteiger partial charge in [-0.05, 0) is 36.3 Å². The van der Waals surface area contributed by atoms with E-state index in [1.165, 1.54) is 12.1 Å². The number of fused-ring (bicyclic) bond motifs is 1. The number of rotatable bonds is 0. The second-order valence-electron chi connectivity index (χ2n) is 7.02. The number of halogens is 1. The summed E-state index contributed by atoms with van der Waals surface area (Å²) in [5.74, 6) is 0.574. The molecule has 19 heavy (non-hydrogen) atoms. The van der Waals surface area contributed by atoms with Gasteiger partial charge in [0, 0.05) is 18.1 Å². The van der Waals surface area contributed by atoms with Gasteiger partial charge < -0.3 is 9.84 Å². The van der Waals surface area contributed by atoms with Crippen molar-refractivity contribution in [2.24, 2.45) is 11.3 Å². The summed E-state index contributed by atoms with van der Waals surface area (Å²) in [7, 11) is 0. The number of ether oxygens (including phenoxy) is 1. The molecule has 3 heteroatoms. The molecule has 0 bridgehead atoms. The van der Waals surface area contributed by atoms with E-state index in [0.29, 0.717) is 23.7 Å². The van der Waals surface area contributed by atoms with Crippen molar-refractivity contribution in [3.8, 4) is 5.75 Å². The second kappa shape index (κ2) is 3.95. The summed E-state index contributed by atoms with van der Waals surface area (Å²) in [6.45, 7) is 6.63. The van der Waals surface area contributed by atoms with Crippen molar-refractivity contribution >= 4 is 0 Å². The number of aliphatic hydroxyl groups is 1. The predicted octanol–water partition coefficient (Wildman–Crippen LogP) is 3.84. The predicted molar refractivity (Wildman–Crippen MR) is 71.5 cm³/mol. The van der Waals surface area contributed by atoms with Crippen molar-refractivity contribution in [1.29, 1.82) is 0 Å². The zero-order valence-corrected chi connectivity index (χ0v) is 11.7. The van der Waals surface area contributed by atoms with Gasteiger partial charge in [-0.2, -0.15) is 0 Å². The lowest BCUT2D eigenvalue weighted by molar-refractivity contribution is -0.0394. The molecule has 3 rings (SSSR count). The van der Waals surface area contributed by atoms with Crippen LogP contribution in [0.2, 0.25) is 0 Å². The Balaban J connectivity index is 2.01. The first-order valence-electron chi connectivity index (χ1n) is 6.98. The smallest absolute Gasteiger partial charge is 0.128 e. The molecule has 0 radical (unpaired) electrons. The topological polar surface area (TPSA) is 29.5 Å². The van der Waals surface area contributed by atoms with Gasteiger partial charge in [0.1, 0.15) is 17.2 Å². The minimum atomic E-state index is -0.555. The van der Waals surface area contributed by atoms with Crippen LogP contribution < -0.4 is 4.74 Å². The van der Waals surface area contributed by atoms with Gasteiger partial charge in [0.05, 0.1) is 6.10 Å². The summed E-state index contributed by atoms with van der Waals surface area (Å²) in [6, 6.07) is 4.41. The Morgan fingerprint density at radius 2 is 2.05 bits per heavy atom. The molecule has 0 saturated heterocycles. The Bertz CT molecular complexity index is 511. The van der Waals surface area contributed by atoms with Gasteiger partial charge in [-0.15, -0.1) is 0 Å². The number of hydrogen-bond acceptors (Lipinski definition) is 2.